The molecule has 0 aromatic rings. The average molecular weight is 343 g/mol. The third-order valence-corrected chi connectivity index (χ3v) is 4.24. The lowest BCUT2D eigenvalue weighted by molar-refractivity contribution is -0.0165. The van der Waals surface area contributed by atoms with Crippen molar-refractivity contribution in [2.45, 2.75) is 59.0 Å². The van der Waals surface area contributed by atoms with Crippen LogP contribution in [0.5, 0.6) is 0 Å². The van der Waals surface area contributed by atoms with Crippen molar-refractivity contribution >= 4 is 5.96 Å². The highest BCUT2D eigenvalue weighted by atomic mass is 16.5. The molecule has 0 aliphatic carbocycles. The Morgan fingerprint density at radius 2 is 2.08 bits per heavy atom. The summed E-state index contributed by atoms with van der Waals surface area (Å²) < 4.78 is 11.1. The minimum Gasteiger partial charge on any atom is -0.381 e. The van der Waals surface area contributed by atoms with Crippen LogP contribution < -0.4 is 10.6 Å². The van der Waals surface area contributed by atoms with Crippen LogP contribution in [0.3, 0.4) is 0 Å². The summed E-state index contributed by atoms with van der Waals surface area (Å²) >= 11 is 0. The van der Waals surface area contributed by atoms with Crippen molar-refractivity contribution in [3.63, 3.8) is 0 Å². The molecule has 1 saturated heterocycles. The number of unbranched alkanes of at least 4 members (excludes halogenated alkanes) is 1. The first-order chi connectivity index (χ1) is 11.7. The van der Waals surface area contributed by atoms with Gasteiger partial charge in [-0.3, -0.25) is 9.89 Å². The third-order valence-electron chi connectivity index (χ3n) is 4.24. The van der Waals surface area contributed by atoms with Crippen LogP contribution in [0.1, 0.15) is 47.0 Å². The molecule has 0 aromatic heterocycles. The molecule has 24 heavy (non-hydrogen) atoms. The Bertz CT molecular complexity index is 339. The van der Waals surface area contributed by atoms with E-state index in [1.54, 1.807) is 0 Å². The second kappa shape index (κ2) is 13.4. The highest BCUT2D eigenvalue weighted by Gasteiger charge is 2.23. The molecular weight excluding hydrogens is 304 g/mol. The molecule has 0 bridgehead atoms. The number of nitrogens with one attached hydrogen (secondary N) is 2. The van der Waals surface area contributed by atoms with Gasteiger partial charge in [0.1, 0.15) is 0 Å². The standard InChI is InChI=1S/C18H38N4O2/c1-5-7-11-23-12-8-9-20-18(19-6-2)21-14-16(3)22-10-13-24-15-17(22)4/h16-17H,5-15H2,1-4H3,(H2,19,20,21). The van der Waals surface area contributed by atoms with Crippen LogP contribution in [0.2, 0.25) is 0 Å². The number of hydrogen-bond donors (Lipinski definition) is 2. The largest absolute Gasteiger partial charge is 0.381 e. The molecule has 0 amide bonds. The van der Waals surface area contributed by atoms with Crippen LogP contribution >= 0.6 is 0 Å². The minimum atomic E-state index is 0.428. The van der Waals surface area contributed by atoms with Crippen LogP contribution in [0.15, 0.2) is 4.99 Å². The van der Waals surface area contributed by atoms with E-state index in [9.17, 15) is 0 Å². The number of nitrogens with zero attached hydrogens (tertiary/aromatic N) is 2. The maximum absolute atomic E-state index is 5.59. The first-order valence-corrected chi connectivity index (χ1v) is 9.62. The Hall–Kier alpha value is -0.850. The minimum absolute atomic E-state index is 0.428. The van der Waals surface area contributed by atoms with Crippen molar-refractivity contribution in [1.82, 2.24) is 15.5 Å². The molecule has 2 atom stereocenters. The number of rotatable bonds is 11. The van der Waals surface area contributed by atoms with Gasteiger partial charge in [0, 0.05) is 44.9 Å². The van der Waals surface area contributed by atoms with Gasteiger partial charge in [0.2, 0.25) is 0 Å². The molecule has 1 aliphatic rings. The SMILES string of the molecule is CCCCOCCCNC(=NCC(C)N1CCOCC1C)NCC. The van der Waals surface area contributed by atoms with Crippen LogP contribution in [-0.2, 0) is 9.47 Å². The van der Waals surface area contributed by atoms with E-state index in [0.29, 0.717) is 12.1 Å². The van der Waals surface area contributed by atoms with Gasteiger partial charge in [0.15, 0.2) is 5.96 Å². The number of guanidine groups is 1. The quantitative estimate of drug-likeness (QED) is 0.341. The molecule has 0 spiro atoms. The predicted molar refractivity (Wildman–Crippen MR) is 101 cm³/mol. The normalized spacial score (nSPS) is 20.8. The molecule has 0 saturated carbocycles. The summed E-state index contributed by atoms with van der Waals surface area (Å²) in [4.78, 5) is 7.23. The van der Waals surface area contributed by atoms with E-state index >= 15 is 0 Å². The lowest BCUT2D eigenvalue weighted by Gasteiger charge is -2.37. The van der Waals surface area contributed by atoms with Gasteiger partial charge in [-0.25, -0.2) is 0 Å². The third kappa shape index (κ3) is 8.85. The molecule has 1 rings (SSSR count). The van der Waals surface area contributed by atoms with Crippen molar-refractivity contribution < 1.29 is 9.47 Å². The molecule has 1 heterocycles. The summed E-state index contributed by atoms with van der Waals surface area (Å²) in [6.07, 6.45) is 3.34. The lowest BCUT2D eigenvalue weighted by Crippen LogP contribution is -2.49. The second-order valence-electron chi connectivity index (χ2n) is 6.48. The Balaban J connectivity index is 2.28. The molecule has 0 radical (unpaired) electrons. The van der Waals surface area contributed by atoms with Crippen LogP contribution in [0.25, 0.3) is 0 Å². The highest BCUT2D eigenvalue weighted by molar-refractivity contribution is 5.79. The number of ether oxygens (including phenoxy) is 2. The van der Waals surface area contributed by atoms with E-state index in [0.717, 1.165) is 71.4 Å². The molecule has 1 fully saturated rings. The summed E-state index contributed by atoms with van der Waals surface area (Å²) in [5.41, 5.74) is 0. The zero-order valence-corrected chi connectivity index (χ0v) is 16.1. The van der Waals surface area contributed by atoms with Gasteiger partial charge in [0.25, 0.3) is 0 Å². The van der Waals surface area contributed by atoms with Gasteiger partial charge in [0.05, 0.1) is 19.8 Å². The van der Waals surface area contributed by atoms with Gasteiger partial charge in [-0.15, -0.1) is 0 Å². The Morgan fingerprint density at radius 1 is 1.29 bits per heavy atom. The lowest BCUT2D eigenvalue weighted by atomic mass is 10.2. The zero-order valence-electron chi connectivity index (χ0n) is 16.1. The van der Waals surface area contributed by atoms with Gasteiger partial charge in [-0.1, -0.05) is 13.3 Å². The fourth-order valence-corrected chi connectivity index (χ4v) is 2.79. The van der Waals surface area contributed by atoms with Crippen molar-refractivity contribution in [2.24, 2.45) is 4.99 Å². The summed E-state index contributed by atoms with van der Waals surface area (Å²) in [7, 11) is 0. The summed E-state index contributed by atoms with van der Waals surface area (Å²) in [6, 6.07) is 0.900. The number of morpholine rings is 1. The summed E-state index contributed by atoms with van der Waals surface area (Å²) in [6.45, 7) is 15.7. The zero-order chi connectivity index (χ0) is 17.6. The van der Waals surface area contributed by atoms with Crippen LogP contribution in [0, 0.1) is 0 Å². The molecule has 2 N–H and O–H groups in total. The van der Waals surface area contributed by atoms with Crippen molar-refractivity contribution in [2.75, 3.05) is 52.6 Å². The monoisotopic (exact) mass is 342 g/mol. The van der Waals surface area contributed by atoms with Gasteiger partial charge in [-0.2, -0.15) is 0 Å². The van der Waals surface area contributed by atoms with E-state index in [1.165, 1.54) is 6.42 Å². The van der Waals surface area contributed by atoms with E-state index in [4.69, 9.17) is 14.5 Å². The molecule has 0 aromatic carbocycles. The van der Waals surface area contributed by atoms with Crippen molar-refractivity contribution in [3.8, 4) is 0 Å². The van der Waals surface area contributed by atoms with Gasteiger partial charge < -0.3 is 20.1 Å². The van der Waals surface area contributed by atoms with E-state index in [2.05, 4.69) is 43.2 Å². The van der Waals surface area contributed by atoms with Crippen molar-refractivity contribution in [1.29, 1.82) is 0 Å². The maximum Gasteiger partial charge on any atom is 0.191 e. The molecule has 142 valence electrons. The summed E-state index contributed by atoms with van der Waals surface area (Å²) in [5, 5.41) is 6.71. The molecule has 1 aliphatic heterocycles. The topological polar surface area (TPSA) is 58.1 Å². The molecule has 6 nitrogen and oxygen atoms in total. The molecular formula is C18H38N4O2. The predicted octanol–water partition coefficient (Wildman–Crippen LogP) is 1.86. The molecule has 2 unspecified atom stereocenters. The smallest absolute Gasteiger partial charge is 0.191 e. The average Bonchev–Trinajstić information content (AvgIpc) is 2.59. The Morgan fingerprint density at radius 3 is 2.79 bits per heavy atom. The van der Waals surface area contributed by atoms with Crippen LogP contribution in [-0.4, -0.2) is 75.5 Å². The first kappa shape index (κ1) is 21.2. The van der Waals surface area contributed by atoms with E-state index in [1.807, 2.05) is 0 Å². The fourth-order valence-electron chi connectivity index (χ4n) is 2.79. The van der Waals surface area contributed by atoms with Crippen LogP contribution in [0.4, 0.5) is 0 Å². The highest BCUT2D eigenvalue weighted by Crippen LogP contribution is 2.10. The second-order valence-corrected chi connectivity index (χ2v) is 6.48. The maximum atomic E-state index is 5.59. The molecule has 6 heteroatoms. The van der Waals surface area contributed by atoms with Gasteiger partial charge >= 0.3 is 0 Å². The number of hydrogen-bond acceptors (Lipinski definition) is 4. The van der Waals surface area contributed by atoms with Gasteiger partial charge in [-0.05, 0) is 33.6 Å². The summed E-state index contributed by atoms with van der Waals surface area (Å²) in [5.74, 6) is 0.902. The van der Waals surface area contributed by atoms with E-state index in [-0.39, 0.29) is 0 Å². The fraction of sp³-hybridized carbons (Fsp3) is 0.944. The Kier molecular flexibility index (Phi) is 11.9. The first-order valence-electron chi connectivity index (χ1n) is 9.62. The van der Waals surface area contributed by atoms with E-state index < -0.39 is 0 Å². The number of aliphatic imine (C=N–C) groups is 1. The van der Waals surface area contributed by atoms with Crippen molar-refractivity contribution in [3.05, 3.63) is 0 Å². The Labute approximate surface area is 148 Å².